The first-order valence-corrected chi connectivity index (χ1v) is 6.11. The number of hydrogen-bond donors (Lipinski definition) is 2. The zero-order valence-corrected chi connectivity index (χ0v) is 10.7. The van der Waals surface area contributed by atoms with E-state index in [9.17, 15) is 5.11 Å². The highest BCUT2D eigenvalue weighted by molar-refractivity contribution is 5.19. The smallest absolute Gasteiger partial charge is 0.125 e. The maximum atomic E-state index is 9.51. The van der Waals surface area contributed by atoms with Crippen LogP contribution in [-0.4, -0.2) is 21.3 Å². The van der Waals surface area contributed by atoms with Gasteiger partial charge in [0, 0.05) is 19.4 Å². The Morgan fingerprint density at radius 2 is 2.06 bits per heavy atom. The van der Waals surface area contributed by atoms with Crippen LogP contribution in [0.25, 0.3) is 0 Å². The number of hydrogen-bond acceptors (Lipinski definition) is 3. The minimum Gasteiger partial charge on any atom is -0.394 e. The van der Waals surface area contributed by atoms with Crippen molar-refractivity contribution >= 4 is 0 Å². The van der Waals surface area contributed by atoms with Crippen molar-refractivity contribution in [3.63, 3.8) is 0 Å². The standard InChI is InChI=1S/C14H19N3O/c1-11(14-15-8-9-17(14)2)16-13(10-18)12-6-4-3-5-7-12/h3-9,11,13,16,18H,10H2,1-2H3/t11?,13-/m1/s1. The third kappa shape index (κ3) is 2.78. The average Bonchev–Trinajstić information content (AvgIpc) is 2.83. The molecule has 1 unspecified atom stereocenters. The molecule has 2 rings (SSSR count). The van der Waals surface area contributed by atoms with Gasteiger partial charge >= 0.3 is 0 Å². The molecule has 2 aromatic rings. The van der Waals surface area contributed by atoms with Gasteiger partial charge in [-0.3, -0.25) is 5.32 Å². The molecule has 0 saturated heterocycles. The van der Waals surface area contributed by atoms with Gasteiger partial charge in [-0.1, -0.05) is 30.3 Å². The third-order valence-corrected chi connectivity index (χ3v) is 3.08. The van der Waals surface area contributed by atoms with E-state index in [0.29, 0.717) is 0 Å². The summed E-state index contributed by atoms with van der Waals surface area (Å²) in [6, 6.07) is 9.97. The molecule has 0 saturated carbocycles. The summed E-state index contributed by atoms with van der Waals surface area (Å²) in [5, 5.41) is 12.9. The molecule has 0 aliphatic carbocycles. The van der Waals surface area contributed by atoms with Gasteiger partial charge in [0.05, 0.1) is 18.7 Å². The minimum atomic E-state index is -0.0714. The quantitative estimate of drug-likeness (QED) is 0.844. The first-order chi connectivity index (χ1) is 8.72. The third-order valence-electron chi connectivity index (χ3n) is 3.08. The molecule has 1 aromatic heterocycles. The van der Waals surface area contributed by atoms with E-state index in [1.54, 1.807) is 6.20 Å². The van der Waals surface area contributed by atoms with E-state index in [1.807, 2.05) is 55.1 Å². The van der Waals surface area contributed by atoms with Crippen LogP contribution in [0.15, 0.2) is 42.7 Å². The number of aryl methyl sites for hydroxylation is 1. The van der Waals surface area contributed by atoms with Gasteiger partial charge in [-0.05, 0) is 12.5 Å². The molecular weight excluding hydrogens is 226 g/mol. The summed E-state index contributed by atoms with van der Waals surface area (Å²) in [4.78, 5) is 4.32. The van der Waals surface area contributed by atoms with Gasteiger partial charge < -0.3 is 9.67 Å². The number of aliphatic hydroxyl groups is 1. The molecule has 18 heavy (non-hydrogen) atoms. The number of nitrogens with one attached hydrogen (secondary N) is 1. The second-order valence-electron chi connectivity index (χ2n) is 4.43. The van der Waals surface area contributed by atoms with E-state index in [2.05, 4.69) is 10.3 Å². The maximum Gasteiger partial charge on any atom is 0.125 e. The van der Waals surface area contributed by atoms with Crippen LogP contribution in [0.3, 0.4) is 0 Å². The fourth-order valence-corrected chi connectivity index (χ4v) is 2.11. The summed E-state index contributed by atoms with van der Waals surface area (Å²) >= 11 is 0. The first kappa shape index (κ1) is 12.8. The largest absolute Gasteiger partial charge is 0.394 e. The number of rotatable bonds is 5. The van der Waals surface area contributed by atoms with E-state index >= 15 is 0 Å². The molecule has 2 N–H and O–H groups in total. The minimum absolute atomic E-state index is 0.0682. The van der Waals surface area contributed by atoms with Gasteiger partial charge in [-0.25, -0.2) is 4.98 Å². The van der Waals surface area contributed by atoms with Crippen molar-refractivity contribution in [2.45, 2.75) is 19.0 Å². The lowest BCUT2D eigenvalue weighted by Crippen LogP contribution is -2.28. The predicted octanol–water partition coefficient (Wildman–Crippen LogP) is 1.80. The molecule has 1 heterocycles. The van der Waals surface area contributed by atoms with E-state index in [-0.39, 0.29) is 18.7 Å². The van der Waals surface area contributed by atoms with Crippen LogP contribution >= 0.6 is 0 Å². The fourth-order valence-electron chi connectivity index (χ4n) is 2.11. The Labute approximate surface area is 107 Å². The van der Waals surface area contributed by atoms with Crippen molar-refractivity contribution in [2.75, 3.05) is 6.61 Å². The molecule has 1 aromatic carbocycles. The molecule has 0 spiro atoms. The molecule has 0 aliphatic rings. The number of nitrogens with zero attached hydrogens (tertiary/aromatic N) is 2. The molecular formula is C14H19N3O. The van der Waals surface area contributed by atoms with Crippen molar-refractivity contribution in [1.82, 2.24) is 14.9 Å². The van der Waals surface area contributed by atoms with Crippen LogP contribution in [0.4, 0.5) is 0 Å². The number of aromatic nitrogens is 2. The molecule has 0 aliphatic heterocycles. The summed E-state index contributed by atoms with van der Waals surface area (Å²) in [6.45, 7) is 2.12. The lowest BCUT2D eigenvalue weighted by atomic mass is 10.1. The maximum absolute atomic E-state index is 9.51. The van der Waals surface area contributed by atoms with E-state index in [4.69, 9.17) is 0 Å². The Balaban J connectivity index is 2.10. The van der Waals surface area contributed by atoms with Gasteiger partial charge in [0.1, 0.15) is 5.82 Å². The molecule has 4 nitrogen and oxygen atoms in total. The summed E-state index contributed by atoms with van der Waals surface area (Å²) < 4.78 is 1.98. The van der Waals surface area contributed by atoms with E-state index < -0.39 is 0 Å². The second-order valence-corrected chi connectivity index (χ2v) is 4.43. The zero-order valence-electron chi connectivity index (χ0n) is 10.7. The molecule has 96 valence electrons. The highest BCUT2D eigenvalue weighted by Crippen LogP contribution is 2.17. The summed E-state index contributed by atoms with van der Waals surface area (Å²) in [5.41, 5.74) is 1.08. The van der Waals surface area contributed by atoms with Crippen LogP contribution < -0.4 is 5.32 Å². The summed E-state index contributed by atoms with van der Waals surface area (Å²) in [5.74, 6) is 0.962. The molecule has 0 bridgehead atoms. The normalized spacial score (nSPS) is 14.4. The number of imidazole rings is 1. The monoisotopic (exact) mass is 245 g/mol. The molecule has 4 heteroatoms. The number of benzene rings is 1. The van der Waals surface area contributed by atoms with Crippen molar-refractivity contribution in [1.29, 1.82) is 0 Å². The Bertz CT molecular complexity index is 481. The molecule has 0 amide bonds. The molecule has 0 fully saturated rings. The van der Waals surface area contributed by atoms with Crippen LogP contribution in [0.5, 0.6) is 0 Å². The second kappa shape index (κ2) is 5.80. The van der Waals surface area contributed by atoms with Crippen molar-refractivity contribution in [2.24, 2.45) is 7.05 Å². The van der Waals surface area contributed by atoms with Gasteiger partial charge in [0.25, 0.3) is 0 Å². The van der Waals surface area contributed by atoms with Crippen LogP contribution in [-0.2, 0) is 7.05 Å². The van der Waals surface area contributed by atoms with Crippen molar-refractivity contribution < 1.29 is 5.11 Å². The lowest BCUT2D eigenvalue weighted by Gasteiger charge is -2.21. The highest BCUT2D eigenvalue weighted by Gasteiger charge is 2.16. The topological polar surface area (TPSA) is 50.1 Å². The van der Waals surface area contributed by atoms with Crippen molar-refractivity contribution in [3.05, 3.63) is 54.1 Å². The summed E-state index contributed by atoms with van der Waals surface area (Å²) in [6.07, 6.45) is 3.70. The Hall–Kier alpha value is -1.65. The predicted molar refractivity (Wildman–Crippen MR) is 71.0 cm³/mol. The lowest BCUT2D eigenvalue weighted by molar-refractivity contribution is 0.233. The highest BCUT2D eigenvalue weighted by atomic mass is 16.3. The SMILES string of the molecule is CC(N[C@H](CO)c1ccccc1)c1nccn1C. The van der Waals surface area contributed by atoms with Gasteiger partial charge in [0.2, 0.25) is 0 Å². The first-order valence-electron chi connectivity index (χ1n) is 6.11. The van der Waals surface area contributed by atoms with Gasteiger partial charge in [-0.15, -0.1) is 0 Å². The Morgan fingerprint density at radius 3 is 2.61 bits per heavy atom. The van der Waals surface area contributed by atoms with Crippen LogP contribution in [0.1, 0.15) is 30.4 Å². The molecule has 2 atom stereocenters. The van der Waals surface area contributed by atoms with Crippen LogP contribution in [0.2, 0.25) is 0 Å². The average molecular weight is 245 g/mol. The van der Waals surface area contributed by atoms with Crippen molar-refractivity contribution in [3.8, 4) is 0 Å². The zero-order chi connectivity index (χ0) is 13.0. The Morgan fingerprint density at radius 1 is 1.33 bits per heavy atom. The van der Waals surface area contributed by atoms with E-state index in [0.717, 1.165) is 11.4 Å². The summed E-state index contributed by atoms with van der Waals surface area (Å²) in [7, 11) is 1.97. The van der Waals surface area contributed by atoms with Crippen LogP contribution in [0, 0.1) is 0 Å². The van der Waals surface area contributed by atoms with E-state index in [1.165, 1.54) is 0 Å². The molecule has 0 radical (unpaired) electrons. The number of aliphatic hydroxyl groups excluding tert-OH is 1. The fraction of sp³-hybridized carbons (Fsp3) is 0.357. The van der Waals surface area contributed by atoms with Gasteiger partial charge in [0.15, 0.2) is 0 Å². The Kier molecular flexibility index (Phi) is 4.12. The van der Waals surface area contributed by atoms with Gasteiger partial charge in [-0.2, -0.15) is 0 Å².